The Morgan fingerprint density at radius 1 is 1.21 bits per heavy atom. The molecule has 0 aliphatic carbocycles. The van der Waals surface area contributed by atoms with Crippen LogP contribution in [0, 0.1) is 23.0 Å². The van der Waals surface area contributed by atoms with Crippen molar-refractivity contribution in [2.24, 2.45) is 0 Å². The summed E-state index contributed by atoms with van der Waals surface area (Å²) in [7, 11) is -3.65. The van der Waals surface area contributed by atoms with Crippen molar-refractivity contribution in [2.75, 3.05) is 37.8 Å². The van der Waals surface area contributed by atoms with Crippen LogP contribution in [0.5, 0.6) is 5.75 Å². The molecule has 1 saturated heterocycles. The number of rotatable bonds is 6. The molecule has 1 amide bonds. The van der Waals surface area contributed by atoms with Crippen LogP contribution < -0.4 is 10.1 Å². The molecule has 7 nitrogen and oxygen atoms in total. The summed E-state index contributed by atoms with van der Waals surface area (Å²) in [6, 6.07) is 9.35. The number of benzene rings is 2. The minimum absolute atomic E-state index is 0.0129. The number of fused-ring (bicyclic) bond motifs is 2. The fraction of sp³-hybridized carbons (Fsp3) is 0.417. The monoisotopic (exact) mass is 489 g/mol. The smallest absolute Gasteiger partial charge is 0.235 e. The van der Waals surface area contributed by atoms with Gasteiger partial charge in [-0.3, -0.25) is 9.69 Å². The van der Waals surface area contributed by atoms with E-state index >= 15 is 0 Å². The van der Waals surface area contributed by atoms with E-state index < -0.39 is 37.7 Å². The number of ether oxygens (including phenoxy) is 1. The number of sulfone groups is 1. The number of amides is 1. The van der Waals surface area contributed by atoms with Crippen molar-refractivity contribution in [2.45, 2.75) is 30.4 Å². The number of nitrogens with one attached hydrogen (secondary N) is 1. The van der Waals surface area contributed by atoms with Gasteiger partial charge in [-0.1, -0.05) is 0 Å². The van der Waals surface area contributed by atoms with Gasteiger partial charge in [-0.15, -0.1) is 0 Å². The zero-order valence-electron chi connectivity index (χ0n) is 18.9. The summed E-state index contributed by atoms with van der Waals surface area (Å²) in [6.07, 6.45) is 2.10. The van der Waals surface area contributed by atoms with Crippen LogP contribution >= 0.6 is 0 Å². The Morgan fingerprint density at radius 2 is 1.85 bits per heavy atom. The Bertz CT molecular complexity index is 1260. The molecule has 1 spiro atoms. The van der Waals surface area contributed by atoms with Crippen LogP contribution in [0.15, 0.2) is 30.3 Å². The van der Waals surface area contributed by atoms with E-state index in [9.17, 15) is 27.3 Å². The number of halogens is 2. The summed E-state index contributed by atoms with van der Waals surface area (Å²) in [5.74, 6) is -1.99. The molecule has 2 aromatic carbocycles. The Labute approximate surface area is 197 Å². The van der Waals surface area contributed by atoms with E-state index in [-0.39, 0.29) is 18.3 Å². The van der Waals surface area contributed by atoms with Crippen molar-refractivity contribution in [3.8, 4) is 11.8 Å². The van der Waals surface area contributed by atoms with Gasteiger partial charge in [0.15, 0.2) is 9.84 Å². The second-order valence-corrected chi connectivity index (χ2v) is 11.2. The van der Waals surface area contributed by atoms with Gasteiger partial charge >= 0.3 is 0 Å². The highest BCUT2D eigenvalue weighted by Crippen LogP contribution is 2.45. The maximum Gasteiger partial charge on any atom is 0.235 e. The number of piperidine rings is 1. The molecule has 10 heteroatoms. The normalized spacial score (nSPS) is 18.3. The van der Waals surface area contributed by atoms with Crippen molar-refractivity contribution in [1.29, 1.82) is 5.26 Å². The van der Waals surface area contributed by atoms with Crippen LogP contribution in [0.2, 0.25) is 0 Å². The van der Waals surface area contributed by atoms with Crippen LogP contribution in [0.1, 0.15) is 41.7 Å². The molecule has 0 aromatic heterocycles. The second-order valence-electron chi connectivity index (χ2n) is 8.87. The lowest BCUT2D eigenvalue weighted by molar-refractivity contribution is -0.122. The first-order valence-electron chi connectivity index (χ1n) is 10.9. The van der Waals surface area contributed by atoms with E-state index in [4.69, 9.17) is 4.74 Å². The number of nitriles is 1. The van der Waals surface area contributed by atoms with Gasteiger partial charge in [-0.05, 0) is 56.6 Å². The molecular formula is C24H25F2N3O4S. The van der Waals surface area contributed by atoms with E-state index in [0.29, 0.717) is 38.0 Å². The number of carbonyl (C=O) groups excluding carboxylic acids is 1. The molecular weight excluding hydrogens is 464 g/mol. The molecule has 2 aliphatic rings. The third-order valence-corrected chi connectivity index (χ3v) is 8.35. The molecule has 4 rings (SSSR count). The van der Waals surface area contributed by atoms with Crippen molar-refractivity contribution in [3.05, 3.63) is 58.7 Å². The first kappa shape index (κ1) is 24.1. The summed E-state index contributed by atoms with van der Waals surface area (Å²) >= 11 is 0. The lowest BCUT2D eigenvalue weighted by atomic mass is 9.73. The van der Waals surface area contributed by atoms with Crippen molar-refractivity contribution in [3.63, 3.8) is 0 Å². The molecule has 0 saturated carbocycles. The van der Waals surface area contributed by atoms with Gasteiger partial charge in [0.2, 0.25) is 5.91 Å². The molecule has 1 unspecified atom stereocenters. The van der Waals surface area contributed by atoms with Crippen LogP contribution in [0.3, 0.4) is 0 Å². The molecule has 0 bridgehead atoms. The molecule has 1 atom stereocenters. The average Bonchev–Trinajstić information content (AvgIpc) is 3.04. The first-order chi connectivity index (χ1) is 16.0. The van der Waals surface area contributed by atoms with Gasteiger partial charge in [0.05, 0.1) is 22.3 Å². The van der Waals surface area contributed by atoms with Crippen LogP contribution in [0.25, 0.3) is 0 Å². The summed E-state index contributed by atoms with van der Waals surface area (Å²) < 4.78 is 57.7. The third-order valence-electron chi connectivity index (χ3n) is 6.83. The number of hydrogen-bond acceptors (Lipinski definition) is 6. The quantitative estimate of drug-likeness (QED) is 0.669. The zero-order chi connectivity index (χ0) is 24.7. The Kier molecular flexibility index (Phi) is 6.36. The van der Waals surface area contributed by atoms with Crippen molar-refractivity contribution in [1.82, 2.24) is 4.90 Å². The summed E-state index contributed by atoms with van der Waals surface area (Å²) in [5, 5.41) is 10.8. The van der Waals surface area contributed by atoms with E-state index in [1.165, 1.54) is 6.92 Å². The maximum absolute atomic E-state index is 14.4. The maximum atomic E-state index is 14.4. The molecule has 2 aliphatic heterocycles. The summed E-state index contributed by atoms with van der Waals surface area (Å²) in [6.45, 7) is 3.16. The van der Waals surface area contributed by atoms with Crippen LogP contribution in [0.4, 0.5) is 14.5 Å². The van der Waals surface area contributed by atoms with Gasteiger partial charge in [0.25, 0.3) is 0 Å². The van der Waals surface area contributed by atoms with E-state index in [1.54, 1.807) is 18.2 Å². The largest absolute Gasteiger partial charge is 0.492 e. The van der Waals surface area contributed by atoms with Gasteiger partial charge in [-0.25, -0.2) is 17.2 Å². The number of anilines is 1. The van der Waals surface area contributed by atoms with Gasteiger partial charge in [-0.2, -0.15) is 5.26 Å². The number of hydrogen-bond donors (Lipinski definition) is 1. The molecule has 1 fully saturated rings. The summed E-state index contributed by atoms with van der Waals surface area (Å²) in [4.78, 5) is 14.9. The first-order valence-corrected chi connectivity index (χ1v) is 12.9. The predicted molar refractivity (Wildman–Crippen MR) is 122 cm³/mol. The Morgan fingerprint density at radius 3 is 2.44 bits per heavy atom. The lowest BCUT2D eigenvalue weighted by Gasteiger charge is -2.38. The van der Waals surface area contributed by atoms with E-state index in [2.05, 4.69) is 16.3 Å². The third kappa shape index (κ3) is 4.38. The number of nitrogens with zero attached hydrogens (tertiary/aromatic N) is 2. The zero-order valence-corrected chi connectivity index (χ0v) is 19.7. The molecule has 180 valence electrons. The van der Waals surface area contributed by atoms with Gasteiger partial charge in [0, 0.05) is 36.2 Å². The van der Waals surface area contributed by atoms with Crippen molar-refractivity contribution >= 4 is 21.4 Å². The molecule has 2 aromatic rings. The SMILES string of the molecule is CC(c1c(F)cc(OCCN2CCC3(CC2)C(=O)Nc2ccc(C#N)cc23)cc1F)S(C)(=O)=O. The van der Waals surface area contributed by atoms with Crippen molar-refractivity contribution < 1.29 is 26.7 Å². The van der Waals surface area contributed by atoms with Gasteiger partial charge in [0.1, 0.15) is 24.0 Å². The fourth-order valence-electron chi connectivity index (χ4n) is 4.68. The number of carbonyl (C=O) groups is 1. The second kappa shape index (κ2) is 8.96. The molecule has 1 N–H and O–H groups in total. The van der Waals surface area contributed by atoms with E-state index in [1.807, 2.05) is 0 Å². The Balaban J connectivity index is 1.36. The Hall–Kier alpha value is -3.03. The van der Waals surface area contributed by atoms with E-state index in [0.717, 1.165) is 29.6 Å². The predicted octanol–water partition coefficient (Wildman–Crippen LogP) is 3.31. The summed E-state index contributed by atoms with van der Waals surface area (Å²) in [5.41, 5.74) is 0.978. The molecule has 0 radical (unpaired) electrons. The average molecular weight is 490 g/mol. The molecule has 2 heterocycles. The highest BCUT2D eigenvalue weighted by atomic mass is 32.2. The molecule has 34 heavy (non-hydrogen) atoms. The van der Waals surface area contributed by atoms with Crippen LogP contribution in [-0.4, -0.2) is 51.7 Å². The topological polar surface area (TPSA) is 99.5 Å². The number of likely N-dealkylation sites (tertiary alicyclic amines) is 1. The van der Waals surface area contributed by atoms with Crippen LogP contribution in [-0.2, 0) is 20.0 Å². The minimum Gasteiger partial charge on any atom is -0.492 e. The highest BCUT2D eigenvalue weighted by Gasteiger charge is 2.48. The fourth-order valence-corrected chi connectivity index (χ4v) is 5.33. The highest BCUT2D eigenvalue weighted by molar-refractivity contribution is 7.90. The lowest BCUT2D eigenvalue weighted by Crippen LogP contribution is -2.47. The standard InChI is InChI=1S/C24H25F2N3O4S/c1-15(34(2,31)32)22-19(25)12-17(13-20(22)26)33-10-9-29-7-5-24(6-8-29)18-11-16(14-27)3-4-21(18)28-23(24)30/h3-4,11-13,15H,5-10H2,1-2H3,(H,28,30). The van der Waals surface area contributed by atoms with Gasteiger partial charge < -0.3 is 10.1 Å². The minimum atomic E-state index is -3.65.